The molecule has 0 amide bonds. The summed E-state index contributed by atoms with van der Waals surface area (Å²) in [5.74, 6) is 0. The Kier molecular flexibility index (Phi) is 6.34. The van der Waals surface area contributed by atoms with E-state index >= 15 is 0 Å². The maximum Gasteiger partial charge on any atom is 0.0539 e. The summed E-state index contributed by atoms with van der Waals surface area (Å²) >= 11 is 0. The topological polar surface area (TPSA) is 49.7 Å². The molecule has 0 saturated carbocycles. The van der Waals surface area contributed by atoms with Gasteiger partial charge in [0.1, 0.15) is 0 Å². The Bertz CT molecular complexity index is 102. The van der Waals surface area contributed by atoms with E-state index in [1.165, 1.54) is 0 Å². The van der Waals surface area contributed by atoms with Crippen molar-refractivity contribution in [2.24, 2.45) is 5.41 Å². The molecular formula is C9H20O3. The predicted molar refractivity (Wildman–Crippen MR) is 48.0 cm³/mol. The zero-order chi connectivity index (χ0) is 9.45. The first-order valence-corrected chi connectivity index (χ1v) is 4.42. The second-order valence-corrected chi connectivity index (χ2v) is 3.81. The van der Waals surface area contributed by atoms with Crippen molar-refractivity contribution in [3.63, 3.8) is 0 Å². The number of hydrogen-bond acceptors (Lipinski definition) is 3. The minimum absolute atomic E-state index is 0.140. The van der Waals surface area contributed by atoms with Gasteiger partial charge >= 0.3 is 0 Å². The molecule has 0 aromatic carbocycles. The van der Waals surface area contributed by atoms with Gasteiger partial charge in [-0.25, -0.2) is 0 Å². The third kappa shape index (κ3) is 6.58. The van der Waals surface area contributed by atoms with Crippen LogP contribution in [0.25, 0.3) is 0 Å². The van der Waals surface area contributed by atoms with Gasteiger partial charge < -0.3 is 14.9 Å². The van der Waals surface area contributed by atoms with E-state index in [-0.39, 0.29) is 18.6 Å². The molecule has 0 fully saturated rings. The van der Waals surface area contributed by atoms with E-state index in [4.69, 9.17) is 14.9 Å². The van der Waals surface area contributed by atoms with Crippen LogP contribution in [0.2, 0.25) is 0 Å². The van der Waals surface area contributed by atoms with Crippen LogP contribution in [-0.2, 0) is 4.74 Å². The lowest BCUT2D eigenvalue weighted by atomic mass is 9.97. The van der Waals surface area contributed by atoms with Crippen molar-refractivity contribution in [3.8, 4) is 0 Å². The minimum atomic E-state index is -0.140. The Morgan fingerprint density at radius 3 is 2.33 bits per heavy atom. The lowest BCUT2D eigenvalue weighted by Gasteiger charge is -2.20. The van der Waals surface area contributed by atoms with E-state index in [1.54, 1.807) is 0 Å². The zero-order valence-corrected chi connectivity index (χ0v) is 8.05. The van der Waals surface area contributed by atoms with Crippen molar-refractivity contribution < 1.29 is 14.9 Å². The van der Waals surface area contributed by atoms with E-state index in [1.807, 2.05) is 13.8 Å². The van der Waals surface area contributed by atoms with Gasteiger partial charge in [0.2, 0.25) is 0 Å². The van der Waals surface area contributed by atoms with E-state index < -0.39 is 0 Å². The summed E-state index contributed by atoms with van der Waals surface area (Å²) in [6, 6.07) is 0. The summed E-state index contributed by atoms with van der Waals surface area (Å²) in [6.45, 7) is 5.54. The molecule has 0 aromatic rings. The smallest absolute Gasteiger partial charge is 0.0539 e. The third-order valence-corrected chi connectivity index (χ3v) is 1.62. The standard InChI is InChI=1S/C9H20O3/c1-9(2,7-11)8-12-6-4-3-5-10/h10-11H,3-8H2,1-2H3. The Balaban J connectivity index is 3.19. The SMILES string of the molecule is CC(C)(CO)COCCCCO. The van der Waals surface area contributed by atoms with Crippen LogP contribution in [0.3, 0.4) is 0 Å². The quantitative estimate of drug-likeness (QED) is 0.564. The van der Waals surface area contributed by atoms with Gasteiger partial charge in [-0.3, -0.25) is 0 Å². The molecule has 12 heavy (non-hydrogen) atoms. The number of rotatable bonds is 7. The summed E-state index contributed by atoms with van der Waals surface area (Å²) in [4.78, 5) is 0. The molecule has 74 valence electrons. The molecule has 0 aliphatic carbocycles. The summed E-state index contributed by atoms with van der Waals surface area (Å²) < 4.78 is 5.32. The Morgan fingerprint density at radius 2 is 1.83 bits per heavy atom. The molecule has 2 N–H and O–H groups in total. The molecular weight excluding hydrogens is 156 g/mol. The predicted octanol–water partition coefficient (Wildman–Crippen LogP) is 0.794. The number of aliphatic hydroxyl groups excluding tert-OH is 2. The maximum atomic E-state index is 8.88. The van der Waals surface area contributed by atoms with Gasteiger partial charge in [0.25, 0.3) is 0 Å². The first-order valence-electron chi connectivity index (χ1n) is 4.42. The van der Waals surface area contributed by atoms with Crippen LogP contribution in [-0.4, -0.2) is 36.6 Å². The van der Waals surface area contributed by atoms with Crippen molar-refractivity contribution in [1.82, 2.24) is 0 Å². The van der Waals surface area contributed by atoms with Gasteiger partial charge in [0, 0.05) is 18.6 Å². The molecule has 0 aromatic heterocycles. The fraction of sp³-hybridized carbons (Fsp3) is 1.00. The first-order chi connectivity index (χ1) is 5.62. The molecule has 3 nitrogen and oxygen atoms in total. The normalized spacial score (nSPS) is 12.0. The first kappa shape index (κ1) is 11.9. The Labute approximate surface area is 74.4 Å². The third-order valence-electron chi connectivity index (χ3n) is 1.62. The number of ether oxygens (including phenoxy) is 1. The highest BCUT2D eigenvalue weighted by molar-refractivity contribution is 4.64. The van der Waals surface area contributed by atoms with E-state index in [2.05, 4.69) is 0 Å². The van der Waals surface area contributed by atoms with Crippen LogP contribution in [0.4, 0.5) is 0 Å². The van der Waals surface area contributed by atoms with Crippen LogP contribution in [0.15, 0.2) is 0 Å². The van der Waals surface area contributed by atoms with Crippen LogP contribution in [0.5, 0.6) is 0 Å². The highest BCUT2D eigenvalue weighted by atomic mass is 16.5. The monoisotopic (exact) mass is 176 g/mol. The highest BCUT2D eigenvalue weighted by Gasteiger charge is 2.15. The minimum Gasteiger partial charge on any atom is -0.396 e. The average Bonchev–Trinajstić information content (AvgIpc) is 2.04. The maximum absolute atomic E-state index is 8.88. The average molecular weight is 176 g/mol. The highest BCUT2D eigenvalue weighted by Crippen LogP contribution is 2.13. The second kappa shape index (κ2) is 6.40. The summed E-state index contributed by atoms with van der Waals surface area (Å²) in [7, 11) is 0. The van der Waals surface area contributed by atoms with Crippen LogP contribution < -0.4 is 0 Å². The van der Waals surface area contributed by atoms with Crippen molar-refractivity contribution in [3.05, 3.63) is 0 Å². The Hall–Kier alpha value is -0.120. The molecule has 3 heteroatoms. The summed E-state index contributed by atoms with van der Waals surface area (Å²) in [6.07, 6.45) is 1.68. The van der Waals surface area contributed by atoms with E-state index in [9.17, 15) is 0 Å². The molecule has 0 atom stereocenters. The zero-order valence-electron chi connectivity index (χ0n) is 8.05. The summed E-state index contributed by atoms with van der Waals surface area (Å²) in [5, 5.41) is 17.4. The van der Waals surface area contributed by atoms with Crippen LogP contribution in [0, 0.1) is 5.41 Å². The molecule has 0 heterocycles. The molecule has 0 rings (SSSR count). The van der Waals surface area contributed by atoms with Gasteiger partial charge in [0.05, 0.1) is 13.2 Å². The number of aliphatic hydroxyl groups is 2. The molecule has 0 bridgehead atoms. The fourth-order valence-corrected chi connectivity index (χ4v) is 0.710. The van der Waals surface area contributed by atoms with E-state index in [0.29, 0.717) is 13.2 Å². The van der Waals surface area contributed by atoms with Crippen LogP contribution >= 0.6 is 0 Å². The molecule has 0 aliphatic heterocycles. The van der Waals surface area contributed by atoms with Gasteiger partial charge in [0.15, 0.2) is 0 Å². The number of unbranched alkanes of at least 4 members (excludes halogenated alkanes) is 1. The molecule has 0 unspecified atom stereocenters. The van der Waals surface area contributed by atoms with Crippen molar-refractivity contribution in [1.29, 1.82) is 0 Å². The summed E-state index contributed by atoms with van der Waals surface area (Å²) in [5.41, 5.74) is -0.140. The second-order valence-electron chi connectivity index (χ2n) is 3.81. The Morgan fingerprint density at radius 1 is 1.17 bits per heavy atom. The van der Waals surface area contributed by atoms with Crippen molar-refractivity contribution in [2.75, 3.05) is 26.4 Å². The molecule has 0 saturated heterocycles. The molecule has 0 radical (unpaired) electrons. The van der Waals surface area contributed by atoms with Gasteiger partial charge in [-0.1, -0.05) is 13.8 Å². The largest absolute Gasteiger partial charge is 0.396 e. The van der Waals surface area contributed by atoms with Gasteiger partial charge in [-0.15, -0.1) is 0 Å². The van der Waals surface area contributed by atoms with E-state index in [0.717, 1.165) is 12.8 Å². The fourth-order valence-electron chi connectivity index (χ4n) is 0.710. The van der Waals surface area contributed by atoms with Gasteiger partial charge in [-0.2, -0.15) is 0 Å². The van der Waals surface area contributed by atoms with Gasteiger partial charge in [-0.05, 0) is 12.8 Å². The molecule has 0 spiro atoms. The van der Waals surface area contributed by atoms with Crippen molar-refractivity contribution >= 4 is 0 Å². The van der Waals surface area contributed by atoms with Crippen molar-refractivity contribution in [2.45, 2.75) is 26.7 Å². The lowest BCUT2D eigenvalue weighted by Crippen LogP contribution is -2.23. The number of hydrogen-bond donors (Lipinski definition) is 2. The lowest BCUT2D eigenvalue weighted by molar-refractivity contribution is 0.0256. The van der Waals surface area contributed by atoms with Crippen LogP contribution in [0.1, 0.15) is 26.7 Å². The molecule has 0 aliphatic rings.